The van der Waals surface area contributed by atoms with Crippen LogP contribution in [-0.2, 0) is 4.79 Å². The molecule has 0 saturated heterocycles. The van der Waals surface area contributed by atoms with Crippen LogP contribution in [-0.4, -0.2) is 25.7 Å². The molecule has 5 nitrogen and oxygen atoms in total. The van der Waals surface area contributed by atoms with Gasteiger partial charge in [-0.2, -0.15) is 0 Å². The van der Waals surface area contributed by atoms with Crippen molar-refractivity contribution in [3.8, 4) is 11.5 Å². The van der Waals surface area contributed by atoms with Gasteiger partial charge in [-0.1, -0.05) is 12.1 Å². The Morgan fingerprint density at radius 3 is 2.40 bits per heavy atom. The third-order valence-corrected chi connectivity index (χ3v) is 3.66. The minimum absolute atomic E-state index is 0.118. The largest absolute Gasteiger partial charge is 0.490 e. The van der Waals surface area contributed by atoms with Crippen LogP contribution >= 0.6 is 0 Å². The highest BCUT2D eigenvalue weighted by Crippen LogP contribution is 2.30. The summed E-state index contributed by atoms with van der Waals surface area (Å²) in [6.45, 7) is 9.17. The second-order valence-corrected chi connectivity index (χ2v) is 5.75. The van der Waals surface area contributed by atoms with Gasteiger partial charge in [0, 0.05) is 17.4 Å². The molecule has 0 aromatic heterocycles. The van der Waals surface area contributed by atoms with Crippen molar-refractivity contribution in [2.24, 2.45) is 0 Å². The highest BCUT2D eigenvalue weighted by molar-refractivity contribution is 5.94. The summed E-state index contributed by atoms with van der Waals surface area (Å²) in [7, 11) is 0. The topological polar surface area (TPSA) is 59.6 Å². The van der Waals surface area contributed by atoms with Crippen LogP contribution in [0.15, 0.2) is 36.4 Å². The van der Waals surface area contributed by atoms with E-state index in [2.05, 4.69) is 16.7 Å². The summed E-state index contributed by atoms with van der Waals surface area (Å²) in [6, 6.07) is 11.5. The Morgan fingerprint density at radius 1 is 0.960 bits per heavy atom. The summed E-state index contributed by atoms with van der Waals surface area (Å²) in [5, 5.41) is 6.05. The number of carbonyl (C=O) groups excluding carboxylic acids is 1. The predicted molar refractivity (Wildman–Crippen MR) is 102 cm³/mol. The Labute approximate surface area is 149 Å². The van der Waals surface area contributed by atoms with Crippen molar-refractivity contribution in [2.75, 3.05) is 30.4 Å². The van der Waals surface area contributed by atoms with Crippen LogP contribution in [0.2, 0.25) is 0 Å². The Hall–Kier alpha value is -2.69. The fourth-order valence-electron chi connectivity index (χ4n) is 2.44. The smallest absolute Gasteiger partial charge is 0.243 e. The van der Waals surface area contributed by atoms with E-state index in [4.69, 9.17) is 9.47 Å². The van der Waals surface area contributed by atoms with Gasteiger partial charge in [0.2, 0.25) is 5.91 Å². The van der Waals surface area contributed by atoms with E-state index in [1.54, 1.807) is 6.07 Å². The van der Waals surface area contributed by atoms with Crippen LogP contribution in [0.3, 0.4) is 0 Å². The molecule has 0 heterocycles. The quantitative estimate of drug-likeness (QED) is 0.756. The maximum atomic E-state index is 12.2. The van der Waals surface area contributed by atoms with E-state index in [9.17, 15) is 4.79 Å². The Balaban J connectivity index is 2.00. The number of carbonyl (C=O) groups is 1. The van der Waals surface area contributed by atoms with E-state index in [1.165, 1.54) is 0 Å². The zero-order valence-corrected chi connectivity index (χ0v) is 15.3. The van der Waals surface area contributed by atoms with Gasteiger partial charge in [0.05, 0.1) is 19.8 Å². The second kappa shape index (κ2) is 8.97. The van der Waals surface area contributed by atoms with Crippen molar-refractivity contribution >= 4 is 17.3 Å². The maximum absolute atomic E-state index is 12.2. The Kier molecular flexibility index (Phi) is 6.69. The van der Waals surface area contributed by atoms with Gasteiger partial charge in [0.25, 0.3) is 0 Å². The normalized spacial score (nSPS) is 10.2. The molecule has 0 aliphatic carbocycles. The third kappa shape index (κ3) is 5.41. The van der Waals surface area contributed by atoms with Gasteiger partial charge in [-0.25, -0.2) is 0 Å². The molecule has 0 fully saturated rings. The van der Waals surface area contributed by atoms with Gasteiger partial charge in [-0.05, 0) is 57.0 Å². The van der Waals surface area contributed by atoms with Crippen molar-refractivity contribution in [3.63, 3.8) is 0 Å². The number of ether oxygens (including phenoxy) is 2. The molecule has 0 aliphatic heterocycles. The molecule has 0 spiro atoms. The fourth-order valence-corrected chi connectivity index (χ4v) is 2.44. The van der Waals surface area contributed by atoms with Crippen molar-refractivity contribution in [2.45, 2.75) is 27.7 Å². The van der Waals surface area contributed by atoms with E-state index < -0.39 is 0 Å². The number of benzene rings is 2. The van der Waals surface area contributed by atoms with Crippen LogP contribution in [0.5, 0.6) is 11.5 Å². The van der Waals surface area contributed by atoms with E-state index >= 15 is 0 Å². The summed E-state index contributed by atoms with van der Waals surface area (Å²) in [4.78, 5) is 12.2. The fraction of sp³-hybridized carbons (Fsp3) is 0.350. The molecular formula is C20H26N2O3. The van der Waals surface area contributed by atoms with Crippen LogP contribution in [0.25, 0.3) is 0 Å². The van der Waals surface area contributed by atoms with Crippen LogP contribution in [0, 0.1) is 13.8 Å². The molecule has 25 heavy (non-hydrogen) atoms. The van der Waals surface area contributed by atoms with Gasteiger partial charge in [-0.15, -0.1) is 0 Å². The number of anilines is 2. The van der Waals surface area contributed by atoms with Crippen molar-refractivity contribution in [1.82, 2.24) is 0 Å². The first kappa shape index (κ1) is 18.6. The van der Waals surface area contributed by atoms with E-state index in [0.29, 0.717) is 30.4 Å². The molecule has 2 rings (SSSR count). The van der Waals surface area contributed by atoms with Gasteiger partial charge in [-0.3, -0.25) is 4.79 Å². The molecular weight excluding hydrogens is 316 g/mol. The lowest BCUT2D eigenvalue weighted by molar-refractivity contribution is -0.114. The molecule has 5 heteroatoms. The molecule has 0 saturated carbocycles. The molecule has 2 aromatic rings. The molecule has 0 atom stereocenters. The Morgan fingerprint density at radius 2 is 1.68 bits per heavy atom. The molecule has 0 unspecified atom stereocenters. The molecule has 134 valence electrons. The third-order valence-electron chi connectivity index (χ3n) is 3.66. The standard InChI is InChI=1S/C20H26N2O3/c1-5-24-18-10-9-16(12-19(18)25-6-2)22-20(23)13-21-17-11-14(3)7-8-15(17)4/h7-12,21H,5-6,13H2,1-4H3,(H,22,23). The molecule has 0 bridgehead atoms. The molecule has 1 amide bonds. The minimum atomic E-state index is -0.118. The maximum Gasteiger partial charge on any atom is 0.243 e. The van der Waals surface area contributed by atoms with Crippen molar-refractivity contribution in [3.05, 3.63) is 47.5 Å². The zero-order chi connectivity index (χ0) is 18.2. The van der Waals surface area contributed by atoms with Gasteiger partial charge >= 0.3 is 0 Å². The van der Waals surface area contributed by atoms with Crippen molar-refractivity contribution in [1.29, 1.82) is 0 Å². The number of hydrogen-bond acceptors (Lipinski definition) is 4. The summed E-state index contributed by atoms with van der Waals surface area (Å²) in [6.07, 6.45) is 0. The van der Waals surface area contributed by atoms with Gasteiger partial charge in [0.1, 0.15) is 0 Å². The first-order valence-corrected chi connectivity index (χ1v) is 8.54. The first-order valence-electron chi connectivity index (χ1n) is 8.54. The molecule has 0 aliphatic rings. The summed E-state index contributed by atoms with van der Waals surface area (Å²) in [5.41, 5.74) is 3.91. The summed E-state index contributed by atoms with van der Waals surface area (Å²) in [5.74, 6) is 1.19. The highest BCUT2D eigenvalue weighted by Gasteiger charge is 2.09. The van der Waals surface area contributed by atoms with E-state index in [-0.39, 0.29) is 12.5 Å². The monoisotopic (exact) mass is 342 g/mol. The number of hydrogen-bond donors (Lipinski definition) is 2. The summed E-state index contributed by atoms with van der Waals surface area (Å²) >= 11 is 0. The van der Waals surface area contributed by atoms with E-state index in [1.807, 2.05) is 52.0 Å². The average molecular weight is 342 g/mol. The Bertz CT molecular complexity index is 729. The van der Waals surface area contributed by atoms with Crippen molar-refractivity contribution < 1.29 is 14.3 Å². The van der Waals surface area contributed by atoms with Gasteiger partial charge in [0.15, 0.2) is 11.5 Å². The zero-order valence-electron chi connectivity index (χ0n) is 15.3. The number of amides is 1. The number of rotatable bonds is 8. The molecule has 2 aromatic carbocycles. The number of aryl methyl sites for hydroxylation is 2. The SMILES string of the molecule is CCOc1ccc(NC(=O)CNc2cc(C)ccc2C)cc1OCC. The molecule has 2 N–H and O–H groups in total. The average Bonchev–Trinajstić information content (AvgIpc) is 2.58. The lowest BCUT2D eigenvalue weighted by Gasteiger charge is -2.14. The lowest BCUT2D eigenvalue weighted by Crippen LogP contribution is -2.22. The van der Waals surface area contributed by atoms with Crippen LogP contribution < -0.4 is 20.1 Å². The van der Waals surface area contributed by atoms with Gasteiger partial charge < -0.3 is 20.1 Å². The second-order valence-electron chi connectivity index (χ2n) is 5.75. The molecule has 0 radical (unpaired) electrons. The highest BCUT2D eigenvalue weighted by atomic mass is 16.5. The lowest BCUT2D eigenvalue weighted by atomic mass is 10.1. The minimum Gasteiger partial charge on any atom is -0.490 e. The van der Waals surface area contributed by atoms with E-state index in [0.717, 1.165) is 16.8 Å². The predicted octanol–water partition coefficient (Wildman–Crippen LogP) is 4.15. The van der Waals surface area contributed by atoms with Crippen LogP contribution in [0.1, 0.15) is 25.0 Å². The first-order chi connectivity index (χ1) is 12.0. The number of nitrogens with one attached hydrogen (secondary N) is 2. The van der Waals surface area contributed by atoms with Crippen LogP contribution in [0.4, 0.5) is 11.4 Å². The summed E-state index contributed by atoms with van der Waals surface area (Å²) < 4.78 is 11.1.